The van der Waals surface area contributed by atoms with Crippen molar-refractivity contribution in [2.24, 2.45) is 5.73 Å². The lowest BCUT2D eigenvalue weighted by atomic mass is 10.1. The number of carbonyl (C=O) groups is 2. The zero-order chi connectivity index (χ0) is 18.2. The zero-order valence-electron chi connectivity index (χ0n) is 14.1. The monoisotopic (exact) mass is 344 g/mol. The van der Waals surface area contributed by atoms with Crippen LogP contribution in [0, 0.1) is 5.82 Å². The fraction of sp³-hybridized carbons (Fsp3) is 0.263. The minimum absolute atomic E-state index is 0.0341. The number of rotatable bonds is 8. The summed E-state index contributed by atoms with van der Waals surface area (Å²) < 4.78 is 18.5. The standard InChI is InChI=1S/C19H21FN2O3/c1-2-25-17-9-3-14(4-10-17)13-19(24)22(12-11-18(21)23)16-7-5-15(20)6-8-16/h3-10H,2,11-13H2,1H3,(H2,21,23). The highest BCUT2D eigenvalue weighted by Gasteiger charge is 2.17. The second-order valence-corrected chi connectivity index (χ2v) is 5.49. The molecule has 5 nitrogen and oxygen atoms in total. The molecule has 0 aromatic heterocycles. The average Bonchev–Trinajstić information content (AvgIpc) is 2.58. The van der Waals surface area contributed by atoms with Crippen molar-refractivity contribution in [1.29, 1.82) is 0 Å². The average molecular weight is 344 g/mol. The molecule has 0 aliphatic carbocycles. The second kappa shape index (κ2) is 8.82. The van der Waals surface area contributed by atoms with Crippen LogP contribution in [0.4, 0.5) is 10.1 Å². The summed E-state index contributed by atoms with van der Waals surface area (Å²) in [7, 11) is 0. The van der Waals surface area contributed by atoms with Gasteiger partial charge < -0.3 is 15.4 Å². The maximum absolute atomic E-state index is 13.1. The van der Waals surface area contributed by atoms with Crippen LogP contribution in [-0.4, -0.2) is 25.0 Å². The van der Waals surface area contributed by atoms with Crippen molar-refractivity contribution in [3.8, 4) is 5.75 Å². The predicted octanol–water partition coefficient (Wildman–Crippen LogP) is 2.68. The molecule has 25 heavy (non-hydrogen) atoms. The SMILES string of the molecule is CCOc1ccc(CC(=O)N(CCC(N)=O)c2ccc(F)cc2)cc1. The maximum atomic E-state index is 13.1. The number of primary amides is 1. The molecule has 0 atom stereocenters. The summed E-state index contributed by atoms with van der Waals surface area (Å²) in [6.45, 7) is 2.62. The van der Waals surface area contributed by atoms with Crippen molar-refractivity contribution in [3.05, 3.63) is 59.9 Å². The fourth-order valence-electron chi connectivity index (χ4n) is 2.38. The van der Waals surface area contributed by atoms with E-state index in [4.69, 9.17) is 10.5 Å². The van der Waals surface area contributed by atoms with Crippen molar-refractivity contribution in [2.45, 2.75) is 19.8 Å². The summed E-state index contributed by atoms with van der Waals surface area (Å²) in [6.07, 6.45) is 0.189. The smallest absolute Gasteiger partial charge is 0.231 e. The maximum Gasteiger partial charge on any atom is 0.231 e. The Morgan fingerprint density at radius 1 is 1.08 bits per heavy atom. The van der Waals surface area contributed by atoms with Gasteiger partial charge in [0.2, 0.25) is 11.8 Å². The summed E-state index contributed by atoms with van der Waals surface area (Å²) >= 11 is 0. The van der Waals surface area contributed by atoms with Gasteiger partial charge in [0.05, 0.1) is 13.0 Å². The molecular weight excluding hydrogens is 323 g/mol. The Morgan fingerprint density at radius 2 is 1.72 bits per heavy atom. The summed E-state index contributed by atoms with van der Waals surface area (Å²) in [6, 6.07) is 12.8. The van der Waals surface area contributed by atoms with E-state index < -0.39 is 11.7 Å². The fourth-order valence-corrected chi connectivity index (χ4v) is 2.38. The Balaban J connectivity index is 2.13. The van der Waals surface area contributed by atoms with Crippen LogP contribution in [0.25, 0.3) is 0 Å². The molecule has 0 bridgehead atoms. The van der Waals surface area contributed by atoms with E-state index in [1.165, 1.54) is 29.2 Å². The van der Waals surface area contributed by atoms with Crippen LogP contribution in [0.5, 0.6) is 5.75 Å². The molecule has 2 amide bonds. The van der Waals surface area contributed by atoms with E-state index in [2.05, 4.69) is 0 Å². The van der Waals surface area contributed by atoms with Crippen LogP contribution < -0.4 is 15.4 Å². The molecule has 0 aliphatic heterocycles. The highest BCUT2D eigenvalue weighted by atomic mass is 19.1. The van der Waals surface area contributed by atoms with E-state index in [0.717, 1.165) is 11.3 Å². The number of carbonyl (C=O) groups excluding carboxylic acids is 2. The molecule has 0 radical (unpaired) electrons. The van der Waals surface area contributed by atoms with Gasteiger partial charge in [-0.25, -0.2) is 4.39 Å². The first-order chi connectivity index (χ1) is 12.0. The minimum Gasteiger partial charge on any atom is -0.494 e. The van der Waals surface area contributed by atoms with Crippen molar-refractivity contribution in [2.75, 3.05) is 18.1 Å². The van der Waals surface area contributed by atoms with Gasteiger partial charge >= 0.3 is 0 Å². The number of nitrogens with zero attached hydrogens (tertiary/aromatic N) is 1. The van der Waals surface area contributed by atoms with Gasteiger partial charge in [0.15, 0.2) is 0 Å². The Bertz CT molecular complexity index is 714. The Hall–Kier alpha value is -2.89. The summed E-state index contributed by atoms with van der Waals surface area (Å²) in [5.41, 5.74) is 6.54. The number of hydrogen-bond donors (Lipinski definition) is 1. The van der Waals surface area contributed by atoms with Crippen LogP contribution in [0.3, 0.4) is 0 Å². The molecule has 0 spiro atoms. The zero-order valence-corrected chi connectivity index (χ0v) is 14.1. The van der Waals surface area contributed by atoms with Gasteiger partial charge in [0, 0.05) is 18.7 Å². The van der Waals surface area contributed by atoms with Gasteiger partial charge in [0.1, 0.15) is 11.6 Å². The molecule has 0 aliphatic rings. The predicted molar refractivity (Wildman–Crippen MR) is 93.9 cm³/mol. The minimum atomic E-state index is -0.499. The third-order valence-electron chi connectivity index (χ3n) is 3.61. The van der Waals surface area contributed by atoms with Crippen LogP contribution in [0.15, 0.2) is 48.5 Å². The third kappa shape index (κ3) is 5.60. The quantitative estimate of drug-likeness (QED) is 0.800. The van der Waals surface area contributed by atoms with E-state index in [0.29, 0.717) is 12.3 Å². The van der Waals surface area contributed by atoms with Crippen LogP contribution in [-0.2, 0) is 16.0 Å². The Morgan fingerprint density at radius 3 is 2.28 bits per heavy atom. The molecule has 2 N–H and O–H groups in total. The summed E-state index contributed by atoms with van der Waals surface area (Å²) in [5.74, 6) is -0.349. The van der Waals surface area contributed by atoms with Crippen LogP contribution >= 0.6 is 0 Å². The third-order valence-corrected chi connectivity index (χ3v) is 3.61. The topological polar surface area (TPSA) is 72.6 Å². The molecule has 132 valence electrons. The van der Waals surface area contributed by atoms with Gasteiger partial charge in [0.25, 0.3) is 0 Å². The number of hydrogen-bond acceptors (Lipinski definition) is 3. The largest absolute Gasteiger partial charge is 0.494 e. The molecule has 2 aromatic rings. The highest BCUT2D eigenvalue weighted by Crippen LogP contribution is 2.18. The number of benzene rings is 2. The molecule has 2 aromatic carbocycles. The molecule has 0 heterocycles. The molecule has 2 rings (SSSR count). The summed E-state index contributed by atoms with van der Waals surface area (Å²) in [5, 5.41) is 0. The Kier molecular flexibility index (Phi) is 6.51. The second-order valence-electron chi connectivity index (χ2n) is 5.49. The first-order valence-electron chi connectivity index (χ1n) is 8.05. The lowest BCUT2D eigenvalue weighted by Crippen LogP contribution is -2.35. The van der Waals surface area contributed by atoms with E-state index >= 15 is 0 Å². The van der Waals surface area contributed by atoms with Gasteiger partial charge in [-0.1, -0.05) is 12.1 Å². The van der Waals surface area contributed by atoms with Crippen molar-refractivity contribution >= 4 is 17.5 Å². The molecule has 6 heteroatoms. The van der Waals surface area contributed by atoms with E-state index in [-0.39, 0.29) is 25.3 Å². The number of ether oxygens (including phenoxy) is 1. The van der Waals surface area contributed by atoms with E-state index in [1.807, 2.05) is 19.1 Å². The van der Waals surface area contributed by atoms with Gasteiger partial charge in [-0.3, -0.25) is 9.59 Å². The van der Waals surface area contributed by atoms with Crippen LogP contribution in [0.2, 0.25) is 0 Å². The van der Waals surface area contributed by atoms with Crippen molar-refractivity contribution in [1.82, 2.24) is 0 Å². The first kappa shape index (κ1) is 18.4. The molecule has 0 saturated heterocycles. The lowest BCUT2D eigenvalue weighted by Gasteiger charge is -2.22. The molecule has 0 fully saturated rings. The Labute approximate surface area is 146 Å². The normalized spacial score (nSPS) is 10.3. The number of nitrogens with two attached hydrogens (primary N) is 1. The first-order valence-corrected chi connectivity index (χ1v) is 8.05. The molecule has 0 unspecified atom stereocenters. The number of amides is 2. The van der Waals surface area contributed by atoms with Crippen LogP contribution in [0.1, 0.15) is 18.9 Å². The van der Waals surface area contributed by atoms with Gasteiger partial charge in [-0.15, -0.1) is 0 Å². The highest BCUT2D eigenvalue weighted by molar-refractivity contribution is 5.95. The van der Waals surface area contributed by atoms with E-state index in [1.54, 1.807) is 12.1 Å². The van der Waals surface area contributed by atoms with Crippen molar-refractivity contribution < 1.29 is 18.7 Å². The van der Waals surface area contributed by atoms with E-state index in [9.17, 15) is 14.0 Å². The number of anilines is 1. The number of halogens is 1. The van der Waals surface area contributed by atoms with Crippen molar-refractivity contribution in [3.63, 3.8) is 0 Å². The molecule has 0 saturated carbocycles. The molecular formula is C19H21FN2O3. The lowest BCUT2D eigenvalue weighted by molar-refractivity contribution is -0.118. The van der Waals surface area contributed by atoms with Gasteiger partial charge in [-0.05, 0) is 48.9 Å². The summed E-state index contributed by atoms with van der Waals surface area (Å²) in [4.78, 5) is 25.2. The van der Waals surface area contributed by atoms with Gasteiger partial charge in [-0.2, -0.15) is 0 Å².